The predicted molar refractivity (Wildman–Crippen MR) is 239 cm³/mol. The van der Waals surface area contributed by atoms with Crippen LogP contribution in [0.2, 0.25) is 0 Å². The maximum Gasteiger partial charge on any atom is 0.127 e. The number of para-hydroxylation sites is 3. The lowest BCUT2D eigenvalue weighted by Gasteiger charge is -2.25. The summed E-state index contributed by atoms with van der Waals surface area (Å²) < 4.78 is 7.97. The van der Waals surface area contributed by atoms with Crippen molar-refractivity contribution in [1.82, 2.24) is 4.57 Å². The Bertz CT molecular complexity index is 2440. The first-order valence-electron chi connectivity index (χ1n) is 19.2. The van der Waals surface area contributed by atoms with Crippen molar-refractivity contribution in [2.75, 3.05) is 4.90 Å². The molecule has 9 rings (SSSR count). The molecule has 0 fully saturated rings. The van der Waals surface area contributed by atoms with Gasteiger partial charge in [0.05, 0.1) is 11.0 Å². The highest BCUT2D eigenvalue weighted by Crippen LogP contribution is 2.35. The van der Waals surface area contributed by atoms with Crippen LogP contribution in [0, 0.1) is 34.6 Å². The van der Waals surface area contributed by atoms with E-state index >= 15 is 0 Å². The van der Waals surface area contributed by atoms with Crippen LogP contribution in [0.1, 0.15) is 27.8 Å². The number of aryl methyl sites for hydroxylation is 5. The Morgan fingerprint density at radius 1 is 0.321 bits per heavy atom. The van der Waals surface area contributed by atoms with Gasteiger partial charge in [0, 0.05) is 33.5 Å². The van der Waals surface area contributed by atoms with Gasteiger partial charge in [-0.15, -0.1) is 0 Å². The van der Waals surface area contributed by atoms with Crippen molar-refractivity contribution >= 4 is 38.9 Å². The van der Waals surface area contributed by atoms with E-state index < -0.39 is 0 Å². The number of rotatable bonds is 6. The zero-order chi connectivity index (χ0) is 38.9. The monoisotopic (exact) mass is 728 g/mol. The van der Waals surface area contributed by atoms with Crippen LogP contribution in [-0.2, 0) is 0 Å². The molecule has 1 aromatic heterocycles. The molecule has 0 saturated carbocycles. The molecule has 8 aromatic carbocycles. The second-order valence-electron chi connectivity index (χ2n) is 14.3. The van der Waals surface area contributed by atoms with Crippen LogP contribution >= 0.6 is 0 Å². The molecule has 0 bridgehead atoms. The normalized spacial score (nSPS) is 10.6. The van der Waals surface area contributed by atoms with Gasteiger partial charge in [0.1, 0.15) is 11.5 Å². The van der Waals surface area contributed by atoms with Gasteiger partial charge < -0.3 is 14.2 Å². The number of ether oxygens (including phenoxy) is 1. The minimum atomic E-state index is 0.872. The molecule has 9 aromatic rings. The van der Waals surface area contributed by atoms with E-state index in [9.17, 15) is 0 Å². The molecule has 0 spiro atoms. The van der Waals surface area contributed by atoms with Crippen molar-refractivity contribution in [3.63, 3.8) is 0 Å². The maximum absolute atomic E-state index is 5.63. The summed E-state index contributed by atoms with van der Waals surface area (Å²) in [5, 5.41) is 2.62. The molecular formula is C53H48N2O. The van der Waals surface area contributed by atoms with Gasteiger partial charge in [0.2, 0.25) is 0 Å². The van der Waals surface area contributed by atoms with E-state index in [-0.39, 0.29) is 0 Å². The Kier molecular flexibility index (Phi) is 11.7. The van der Waals surface area contributed by atoms with Gasteiger partial charge in [0.25, 0.3) is 0 Å². The standard InChI is InChI=1S/C21H21N.C19H15N.C13H12O/c1-16-4-10-19(11-5-16)22(20-12-6-17(2)7-13-20)21-14-8-18(3)9-15-21;1-14-10-12-15(13-11-14)20-18-8-4-2-6-16(18)17-7-3-5-9-19(17)20;1-11-7-9-13(10-8-11)14-12-5-3-2-4-6-12/h4-15H,1-3H3;2-13H,1H3;2-10H,1H3. The van der Waals surface area contributed by atoms with Crippen molar-refractivity contribution in [3.8, 4) is 17.2 Å². The Hall–Kier alpha value is -6.84. The minimum Gasteiger partial charge on any atom is -0.457 e. The van der Waals surface area contributed by atoms with Crippen LogP contribution in [0.4, 0.5) is 17.1 Å². The molecule has 276 valence electrons. The summed E-state index contributed by atoms with van der Waals surface area (Å²) in [5.74, 6) is 1.75. The first kappa shape index (κ1) is 37.5. The van der Waals surface area contributed by atoms with E-state index in [1.807, 2.05) is 54.6 Å². The van der Waals surface area contributed by atoms with E-state index in [0.29, 0.717) is 0 Å². The molecular weight excluding hydrogens is 681 g/mol. The van der Waals surface area contributed by atoms with Crippen LogP contribution in [-0.4, -0.2) is 4.57 Å². The van der Waals surface area contributed by atoms with Gasteiger partial charge in [-0.05, 0) is 120 Å². The molecule has 0 N–H and O–H groups in total. The maximum atomic E-state index is 5.63. The first-order chi connectivity index (χ1) is 27.3. The molecule has 0 radical (unpaired) electrons. The summed E-state index contributed by atoms with van der Waals surface area (Å²) in [6.45, 7) is 10.5. The number of hydrogen-bond acceptors (Lipinski definition) is 2. The fraction of sp³-hybridized carbons (Fsp3) is 0.0943. The van der Waals surface area contributed by atoms with Crippen molar-refractivity contribution < 1.29 is 4.74 Å². The molecule has 0 aliphatic carbocycles. The lowest BCUT2D eigenvalue weighted by molar-refractivity contribution is 0.482. The van der Waals surface area contributed by atoms with Crippen molar-refractivity contribution in [1.29, 1.82) is 0 Å². The van der Waals surface area contributed by atoms with Gasteiger partial charge in [-0.2, -0.15) is 0 Å². The van der Waals surface area contributed by atoms with Crippen LogP contribution in [0.3, 0.4) is 0 Å². The molecule has 0 amide bonds. The molecule has 0 saturated heterocycles. The lowest BCUT2D eigenvalue weighted by Crippen LogP contribution is -2.09. The molecule has 1 heterocycles. The zero-order valence-electron chi connectivity index (χ0n) is 32.9. The summed E-state index contributed by atoms with van der Waals surface area (Å²) in [6, 6.07) is 69.7. The fourth-order valence-corrected chi connectivity index (χ4v) is 6.65. The van der Waals surface area contributed by atoms with Crippen LogP contribution in [0.5, 0.6) is 11.5 Å². The average molecular weight is 729 g/mol. The molecule has 3 heteroatoms. The topological polar surface area (TPSA) is 17.4 Å². The molecule has 0 aliphatic rings. The van der Waals surface area contributed by atoms with Crippen molar-refractivity contribution in [3.05, 3.63) is 228 Å². The molecule has 3 nitrogen and oxygen atoms in total. The SMILES string of the molecule is Cc1ccc(-n2c3ccccc3c3ccccc32)cc1.Cc1ccc(N(c2ccc(C)cc2)c2ccc(C)cc2)cc1.Cc1ccc(Oc2ccccc2)cc1. The third-order valence-corrected chi connectivity index (χ3v) is 9.75. The third-order valence-electron chi connectivity index (χ3n) is 9.75. The van der Waals surface area contributed by atoms with Gasteiger partial charge >= 0.3 is 0 Å². The summed E-state index contributed by atoms with van der Waals surface area (Å²) in [5.41, 5.74) is 13.6. The number of aromatic nitrogens is 1. The summed E-state index contributed by atoms with van der Waals surface area (Å²) in [6.07, 6.45) is 0. The zero-order valence-corrected chi connectivity index (χ0v) is 32.9. The highest BCUT2D eigenvalue weighted by atomic mass is 16.5. The van der Waals surface area contributed by atoms with E-state index in [2.05, 4.69) is 190 Å². The van der Waals surface area contributed by atoms with E-state index in [1.54, 1.807) is 0 Å². The number of benzene rings is 8. The summed E-state index contributed by atoms with van der Waals surface area (Å²) in [4.78, 5) is 2.29. The van der Waals surface area contributed by atoms with E-state index in [4.69, 9.17) is 4.74 Å². The van der Waals surface area contributed by atoms with Gasteiger partial charge in [-0.3, -0.25) is 0 Å². The van der Waals surface area contributed by atoms with Crippen molar-refractivity contribution in [2.24, 2.45) is 0 Å². The number of anilines is 3. The molecule has 56 heavy (non-hydrogen) atoms. The van der Waals surface area contributed by atoms with Crippen LogP contribution in [0.15, 0.2) is 200 Å². The second-order valence-corrected chi connectivity index (χ2v) is 14.3. The summed E-state index contributed by atoms with van der Waals surface area (Å²) >= 11 is 0. The molecule has 0 unspecified atom stereocenters. The van der Waals surface area contributed by atoms with Crippen LogP contribution in [0.25, 0.3) is 27.5 Å². The van der Waals surface area contributed by atoms with Crippen molar-refractivity contribution in [2.45, 2.75) is 34.6 Å². The Morgan fingerprint density at radius 3 is 1.05 bits per heavy atom. The molecule has 0 aliphatic heterocycles. The Labute approximate surface area is 331 Å². The number of fused-ring (bicyclic) bond motifs is 3. The minimum absolute atomic E-state index is 0.872. The second kappa shape index (κ2) is 17.5. The average Bonchev–Trinajstić information content (AvgIpc) is 3.57. The quantitative estimate of drug-likeness (QED) is 0.170. The van der Waals surface area contributed by atoms with Gasteiger partial charge in [-0.25, -0.2) is 0 Å². The summed E-state index contributed by atoms with van der Waals surface area (Å²) in [7, 11) is 0. The fourth-order valence-electron chi connectivity index (χ4n) is 6.65. The predicted octanol–water partition coefficient (Wildman–Crippen LogP) is 15.0. The third kappa shape index (κ3) is 9.09. The Balaban J connectivity index is 0.000000132. The Morgan fingerprint density at radius 2 is 0.643 bits per heavy atom. The molecule has 0 atom stereocenters. The van der Waals surface area contributed by atoms with Gasteiger partial charge in [0.15, 0.2) is 0 Å². The highest BCUT2D eigenvalue weighted by Gasteiger charge is 2.12. The number of nitrogens with zero attached hydrogens (tertiary/aromatic N) is 2. The smallest absolute Gasteiger partial charge is 0.127 e. The first-order valence-corrected chi connectivity index (χ1v) is 19.2. The highest BCUT2D eigenvalue weighted by molar-refractivity contribution is 6.09. The number of hydrogen-bond donors (Lipinski definition) is 0. The van der Waals surface area contributed by atoms with E-state index in [0.717, 1.165) is 11.5 Å². The van der Waals surface area contributed by atoms with E-state index in [1.165, 1.54) is 72.4 Å². The largest absolute Gasteiger partial charge is 0.457 e. The lowest BCUT2D eigenvalue weighted by atomic mass is 10.1. The van der Waals surface area contributed by atoms with Gasteiger partial charge in [-0.1, -0.05) is 143 Å². The van der Waals surface area contributed by atoms with Crippen LogP contribution < -0.4 is 9.64 Å².